The predicted octanol–water partition coefficient (Wildman–Crippen LogP) is 1.86. The summed E-state index contributed by atoms with van der Waals surface area (Å²) in [4.78, 5) is 13.0. The molecule has 0 saturated heterocycles. The van der Waals surface area contributed by atoms with Gasteiger partial charge in [-0.25, -0.2) is 0 Å². The number of halogens is 3. The highest BCUT2D eigenvalue weighted by Gasteiger charge is 2.43. The molecule has 0 aromatic carbocycles. The number of likely N-dealkylation sites (N-methyl/N-ethyl adjacent to an activating group) is 1. The molecule has 0 aromatic heterocycles. The van der Waals surface area contributed by atoms with Crippen molar-refractivity contribution in [3.05, 3.63) is 0 Å². The van der Waals surface area contributed by atoms with Crippen LogP contribution in [0.2, 0.25) is 0 Å². The molecule has 7 heteroatoms. The van der Waals surface area contributed by atoms with Gasteiger partial charge in [-0.15, -0.1) is 0 Å². The Morgan fingerprint density at radius 1 is 1.53 bits per heavy atom. The third-order valence-electron chi connectivity index (χ3n) is 3.98. The Hall–Kier alpha value is -0.820. The van der Waals surface area contributed by atoms with Gasteiger partial charge in [0.15, 0.2) is 0 Å². The molecular weight excluding hydrogens is 261 g/mol. The van der Waals surface area contributed by atoms with E-state index < -0.39 is 24.1 Å². The molecule has 0 aliphatic heterocycles. The highest BCUT2D eigenvalue weighted by Crippen LogP contribution is 2.31. The standard InChI is InChI=1S/C12H21F3N2O2/c1-16-11(10(18)19)5-3-4-9(8-11)17(2)7-6-12(13,14)15/h9,16H,3-8H2,1-2H3,(H,18,19). The topological polar surface area (TPSA) is 52.6 Å². The fraction of sp³-hybridized carbons (Fsp3) is 0.917. The molecule has 0 amide bonds. The average Bonchev–Trinajstić information content (AvgIpc) is 2.34. The SMILES string of the molecule is CNC1(C(=O)O)CCCC(N(C)CCC(F)(F)F)C1. The first-order valence-corrected chi connectivity index (χ1v) is 6.39. The second kappa shape index (κ2) is 6.09. The van der Waals surface area contributed by atoms with Crippen LogP contribution in [0.4, 0.5) is 13.2 Å². The van der Waals surface area contributed by atoms with Crippen molar-refractivity contribution in [1.82, 2.24) is 10.2 Å². The number of hydrogen-bond donors (Lipinski definition) is 2. The average molecular weight is 282 g/mol. The molecule has 0 radical (unpaired) electrons. The molecule has 1 saturated carbocycles. The Morgan fingerprint density at radius 2 is 2.16 bits per heavy atom. The lowest BCUT2D eigenvalue weighted by atomic mass is 9.78. The molecule has 1 fully saturated rings. The van der Waals surface area contributed by atoms with E-state index in [1.165, 1.54) is 0 Å². The molecule has 0 bridgehead atoms. The molecule has 19 heavy (non-hydrogen) atoms. The van der Waals surface area contributed by atoms with Crippen LogP contribution in [0.5, 0.6) is 0 Å². The molecule has 2 unspecified atom stereocenters. The molecule has 112 valence electrons. The van der Waals surface area contributed by atoms with Gasteiger partial charge in [0.05, 0.1) is 6.42 Å². The van der Waals surface area contributed by atoms with Gasteiger partial charge < -0.3 is 15.3 Å². The first-order chi connectivity index (χ1) is 8.70. The number of nitrogens with one attached hydrogen (secondary N) is 1. The molecule has 2 N–H and O–H groups in total. The lowest BCUT2D eigenvalue weighted by Gasteiger charge is -2.41. The third-order valence-corrected chi connectivity index (χ3v) is 3.98. The van der Waals surface area contributed by atoms with Crippen molar-refractivity contribution in [2.75, 3.05) is 20.6 Å². The predicted molar refractivity (Wildman–Crippen MR) is 65.0 cm³/mol. The minimum atomic E-state index is -4.17. The van der Waals surface area contributed by atoms with Crippen molar-refractivity contribution in [2.45, 2.75) is 49.9 Å². The van der Waals surface area contributed by atoms with Gasteiger partial charge in [-0.2, -0.15) is 13.2 Å². The lowest BCUT2D eigenvalue weighted by molar-refractivity contribution is -0.148. The van der Waals surface area contributed by atoms with Gasteiger partial charge in [0.25, 0.3) is 0 Å². The fourth-order valence-corrected chi connectivity index (χ4v) is 2.64. The summed E-state index contributed by atoms with van der Waals surface area (Å²) in [6.07, 6.45) is -2.73. The van der Waals surface area contributed by atoms with Gasteiger partial charge in [-0.1, -0.05) is 0 Å². The summed E-state index contributed by atoms with van der Waals surface area (Å²) in [5, 5.41) is 12.1. The number of hydrogen-bond acceptors (Lipinski definition) is 3. The van der Waals surface area contributed by atoms with E-state index >= 15 is 0 Å². The van der Waals surface area contributed by atoms with Crippen molar-refractivity contribution in [3.8, 4) is 0 Å². The summed E-state index contributed by atoms with van der Waals surface area (Å²) in [6, 6.07) is -0.125. The Morgan fingerprint density at radius 3 is 2.63 bits per heavy atom. The van der Waals surface area contributed by atoms with Gasteiger partial charge >= 0.3 is 12.1 Å². The van der Waals surface area contributed by atoms with Gasteiger partial charge in [0.2, 0.25) is 0 Å². The fourth-order valence-electron chi connectivity index (χ4n) is 2.64. The zero-order valence-electron chi connectivity index (χ0n) is 11.3. The molecule has 4 nitrogen and oxygen atoms in total. The van der Waals surface area contributed by atoms with Crippen LogP contribution >= 0.6 is 0 Å². The van der Waals surface area contributed by atoms with Gasteiger partial charge in [-0.3, -0.25) is 4.79 Å². The maximum atomic E-state index is 12.2. The molecule has 0 spiro atoms. The van der Waals surface area contributed by atoms with Crippen molar-refractivity contribution < 1.29 is 23.1 Å². The summed E-state index contributed by atoms with van der Waals surface area (Å²) in [5.41, 5.74) is -1.00. The number of rotatable bonds is 5. The summed E-state index contributed by atoms with van der Waals surface area (Å²) >= 11 is 0. The summed E-state index contributed by atoms with van der Waals surface area (Å²) in [7, 11) is 3.22. The zero-order valence-corrected chi connectivity index (χ0v) is 11.3. The third kappa shape index (κ3) is 4.35. The molecule has 1 rings (SSSR count). The van der Waals surface area contributed by atoms with Gasteiger partial charge in [0.1, 0.15) is 5.54 Å². The second-order valence-electron chi connectivity index (χ2n) is 5.23. The quantitative estimate of drug-likeness (QED) is 0.808. The Balaban J connectivity index is 2.61. The normalized spacial score (nSPS) is 28.6. The van der Waals surface area contributed by atoms with Crippen LogP contribution in [0, 0.1) is 0 Å². The van der Waals surface area contributed by atoms with Crippen LogP contribution in [-0.4, -0.2) is 54.4 Å². The van der Waals surface area contributed by atoms with Crippen LogP contribution in [0.25, 0.3) is 0 Å². The minimum Gasteiger partial charge on any atom is -0.480 e. The monoisotopic (exact) mass is 282 g/mol. The van der Waals surface area contributed by atoms with Crippen LogP contribution in [-0.2, 0) is 4.79 Å². The summed E-state index contributed by atoms with van der Waals surface area (Å²) < 4.78 is 36.6. The first-order valence-electron chi connectivity index (χ1n) is 6.39. The Labute approximate surface area is 111 Å². The van der Waals surface area contributed by atoms with E-state index in [1.54, 1.807) is 19.0 Å². The van der Waals surface area contributed by atoms with Crippen LogP contribution in [0.1, 0.15) is 32.1 Å². The van der Waals surface area contributed by atoms with Crippen LogP contribution in [0.3, 0.4) is 0 Å². The van der Waals surface area contributed by atoms with Crippen molar-refractivity contribution in [2.24, 2.45) is 0 Å². The van der Waals surface area contributed by atoms with E-state index in [2.05, 4.69) is 5.32 Å². The highest BCUT2D eigenvalue weighted by atomic mass is 19.4. The molecule has 2 atom stereocenters. The first kappa shape index (κ1) is 16.2. The zero-order chi connectivity index (χ0) is 14.7. The molecule has 1 aliphatic carbocycles. The lowest BCUT2D eigenvalue weighted by Crippen LogP contribution is -2.56. The summed E-state index contributed by atoms with van der Waals surface area (Å²) in [5.74, 6) is -0.927. The van der Waals surface area contributed by atoms with E-state index in [4.69, 9.17) is 0 Å². The number of carbonyl (C=O) groups is 1. The maximum Gasteiger partial charge on any atom is 0.390 e. The summed E-state index contributed by atoms with van der Waals surface area (Å²) in [6.45, 7) is -0.0897. The molecular formula is C12H21F3N2O2. The van der Waals surface area contributed by atoms with Crippen LogP contribution < -0.4 is 5.32 Å². The van der Waals surface area contributed by atoms with E-state index in [-0.39, 0.29) is 12.6 Å². The highest BCUT2D eigenvalue weighted by molar-refractivity contribution is 5.79. The molecule has 0 aromatic rings. The maximum absolute atomic E-state index is 12.2. The number of aliphatic carboxylic acids is 1. The number of carboxylic acids is 1. The van der Waals surface area contributed by atoms with E-state index in [9.17, 15) is 23.1 Å². The second-order valence-corrected chi connectivity index (χ2v) is 5.23. The Kier molecular flexibility index (Phi) is 5.20. The molecule has 1 aliphatic rings. The van der Waals surface area contributed by atoms with Crippen molar-refractivity contribution in [3.63, 3.8) is 0 Å². The van der Waals surface area contributed by atoms with Gasteiger partial charge in [0, 0.05) is 12.6 Å². The van der Waals surface area contributed by atoms with Crippen LogP contribution in [0.15, 0.2) is 0 Å². The number of alkyl halides is 3. The van der Waals surface area contributed by atoms with Crippen molar-refractivity contribution in [1.29, 1.82) is 0 Å². The largest absolute Gasteiger partial charge is 0.480 e. The van der Waals surface area contributed by atoms with E-state index in [0.29, 0.717) is 19.3 Å². The Bertz CT molecular complexity index is 323. The minimum absolute atomic E-state index is 0.0897. The van der Waals surface area contributed by atoms with Crippen molar-refractivity contribution >= 4 is 5.97 Å². The smallest absolute Gasteiger partial charge is 0.390 e. The van der Waals surface area contributed by atoms with Gasteiger partial charge in [-0.05, 0) is 39.8 Å². The molecule has 0 heterocycles. The number of carboxylic acid groups (broad SMARTS) is 1. The number of nitrogens with zero attached hydrogens (tertiary/aromatic N) is 1. The van der Waals surface area contributed by atoms with E-state index in [0.717, 1.165) is 6.42 Å². The van der Waals surface area contributed by atoms with E-state index in [1.807, 2.05) is 0 Å².